The molecule has 0 saturated carbocycles. The highest BCUT2D eigenvalue weighted by atomic mass is 16.5. The van der Waals surface area contributed by atoms with Gasteiger partial charge in [0, 0.05) is 24.1 Å². The second-order valence-corrected chi connectivity index (χ2v) is 14.5. The highest BCUT2D eigenvalue weighted by molar-refractivity contribution is 5.75. The summed E-state index contributed by atoms with van der Waals surface area (Å²) in [4.78, 5) is 12.6. The highest BCUT2D eigenvalue weighted by Crippen LogP contribution is 2.49. The summed E-state index contributed by atoms with van der Waals surface area (Å²) in [5.41, 5.74) is 12.2. The van der Waals surface area contributed by atoms with Crippen molar-refractivity contribution in [2.24, 2.45) is 0 Å². The molecule has 0 bridgehead atoms. The maximum atomic E-state index is 12.6. The van der Waals surface area contributed by atoms with E-state index in [9.17, 15) is 9.90 Å². The van der Waals surface area contributed by atoms with Crippen LogP contribution in [0.2, 0.25) is 0 Å². The maximum absolute atomic E-state index is 12.6. The van der Waals surface area contributed by atoms with Gasteiger partial charge in [-0.2, -0.15) is 0 Å². The lowest BCUT2D eigenvalue weighted by Crippen LogP contribution is -2.38. The quantitative estimate of drug-likeness (QED) is 0.255. The summed E-state index contributed by atoms with van der Waals surface area (Å²) in [5.74, 6) is 1.40. The van der Waals surface area contributed by atoms with Gasteiger partial charge in [-0.3, -0.25) is 10.2 Å². The van der Waals surface area contributed by atoms with Gasteiger partial charge in [-0.25, -0.2) is 5.43 Å². The molecule has 1 aliphatic heterocycles. The van der Waals surface area contributed by atoms with Crippen molar-refractivity contribution in [2.45, 2.75) is 124 Å². The van der Waals surface area contributed by atoms with E-state index in [1.807, 2.05) is 0 Å². The first-order chi connectivity index (χ1) is 17.3. The van der Waals surface area contributed by atoms with E-state index in [2.05, 4.69) is 111 Å². The number of phenols is 1. The highest BCUT2D eigenvalue weighted by Gasteiger charge is 2.40. The Labute approximate surface area is 230 Å². The fourth-order valence-electron chi connectivity index (χ4n) is 5.06. The number of amides is 1. The third-order valence-corrected chi connectivity index (χ3v) is 7.38. The standard InChI is InChI=1S/C33H50N2O3/c1-30(2,3)23-17-22(18-24(28(23)37)31(4,5)6)14-15-27(36)35-34-16-12-13-21-19-25(32(7,8)9)29-26(20-21)33(10,11)38-29/h17-20,34,37H,12-16H2,1-11H3,(H,35,36). The SMILES string of the molecule is CC(C)(C)c1cc(CCC(=O)NNCCCc2cc(C(C)(C)C)c3c(c2)C(C)(C)O3)cc(C(C)(C)C)c1O. The molecule has 0 spiro atoms. The topological polar surface area (TPSA) is 70.6 Å². The lowest BCUT2D eigenvalue weighted by atomic mass is 9.78. The number of carbonyl (C=O) groups is 1. The van der Waals surface area contributed by atoms with Crippen molar-refractivity contribution in [3.05, 3.63) is 57.6 Å². The van der Waals surface area contributed by atoms with Crippen molar-refractivity contribution in [1.82, 2.24) is 10.9 Å². The zero-order chi connectivity index (χ0) is 28.7. The smallest absolute Gasteiger partial charge is 0.234 e. The fourth-order valence-corrected chi connectivity index (χ4v) is 5.06. The Morgan fingerprint density at radius 3 is 1.82 bits per heavy atom. The predicted octanol–water partition coefficient (Wildman–Crippen LogP) is 7.10. The first-order valence-electron chi connectivity index (χ1n) is 14.1. The zero-order valence-corrected chi connectivity index (χ0v) is 25.6. The first-order valence-corrected chi connectivity index (χ1v) is 14.1. The normalized spacial score (nSPS) is 14.9. The number of rotatable bonds is 8. The second kappa shape index (κ2) is 10.6. The van der Waals surface area contributed by atoms with E-state index >= 15 is 0 Å². The third-order valence-electron chi connectivity index (χ3n) is 7.38. The van der Waals surface area contributed by atoms with Crippen LogP contribution >= 0.6 is 0 Å². The number of aryl methyl sites for hydroxylation is 2. The molecule has 3 rings (SSSR count). The number of hydrazine groups is 1. The fraction of sp³-hybridized carbons (Fsp3) is 0.606. The molecule has 0 aromatic heterocycles. The number of nitrogens with one attached hydrogen (secondary N) is 2. The Hall–Kier alpha value is -2.53. The van der Waals surface area contributed by atoms with Crippen LogP contribution in [0.5, 0.6) is 11.5 Å². The molecule has 0 saturated heterocycles. The van der Waals surface area contributed by atoms with Crippen molar-refractivity contribution in [3.8, 4) is 11.5 Å². The van der Waals surface area contributed by atoms with Crippen molar-refractivity contribution in [3.63, 3.8) is 0 Å². The molecule has 0 fully saturated rings. The molecule has 5 heteroatoms. The molecule has 38 heavy (non-hydrogen) atoms. The summed E-state index contributed by atoms with van der Waals surface area (Å²) in [6.07, 6.45) is 2.88. The van der Waals surface area contributed by atoms with Crippen LogP contribution in [0.4, 0.5) is 0 Å². The number of ether oxygens (including phenoxy) is 1. The van der Waals surface area contributed by atoms with Crippen LogP contribution in [-0.4, -0.2) is 17.6 Å². The van der Waals surface area contributed by atoms with Gasteiger partial charge in [-0.15, -0.1) is 0 Å². The molecule has 2 aromatic rings. The van der Waals surface area contributed by atoms with Crippen LogP contribution in [0.1, 0.15) is 122 Å². The Morgan fingerprint density at radius 1 is 0.816 bits per heavy atom. The summed E-state index contributed by atoms with van der Waals surface area (Å²) in [6, 6.07) is 8.67. The van der Waals surface area contributed by atoms with E-state index in [4.69, 9.17) is 4.74 Å². The summed E-state index contributed by atoms with van der Waals surface area (Å²) in [6.45, 7) is 24.3. The first kappa shape index (κ1) is 30.0. The molecule has 1 aliphatic rings. The minimum Gasteiger partial charge on any atom is -0.507 e. The van der Waals surface area contributed by atoms with Crippen molar-refractivity contribution in [2.75, 3.05) is 6.54 Å². The summed E-state index contributed by atoms with van der Waals surface area (Å²) < 4.78 is 6.09. The van der Waals surface area contributed by atoms with Crippen molar-refractivity contribution < 1.29 is 14.6 Å². The number of carbonyl (C=O) groups excluding carboxylic acids is 1. The van der Waals surface area contributed by atoms with E-state index in [-0.39, 0.29) is 27.8 Å². The Bertz CT molecular complexity index is 1140. The Kier molecular flexibility index (Phi) is 8.34. The minimum atomic E-state index is -0.226. The number of benzene rings is 2. The molecule has 1 heterocycles. The maximum Gasteiger partial charge on any atom is 0.234 e. The molecule has 0 unspecified atom stereocenters. The minimum absolute atomic E-state index is 0.0253. The lowest BCUT2D eigenvalue weighted by molar-refractivity contribution is -0.122. The van der Waals surface area contributed by atoms with Crippen LogP contribution in [-0.2, 0) is 39.5 Å². The number of fused-ring (bicyclic) bond motifs is 1. The van der Waals surface area contributed by atoms with Crippen LogP contribution in [0.15, 0.2) is 24.3 Å². The number of aromatic hydroxyl groups is 1. The van der Waals surface area contributed by atoms with Gasteiger partial charge in [-0.1, -0.05) is 80.5 Å². The van der Waals surface area contributed by atoms with Gasteiger partial charge in [0.15, 0.2) is 0 Å². The van der Waals surface area contributed by atoms with E-state index in [0.29, 0.717) is 25.1 Å². The molecule has 0 atom stereocenters. The van der Waals surface area contributed by atoms with Gasteiger partial charge in [0.05, 0.1) is 0 Å². The van der Waals surface area contributed by atoms with Crippen LogP contribution in [0.25, 0.3) is 0 Å². The van der Waals surface area contributed by atoms with Gasteiger partial charge in [0.1, 0.15) is 17.1 Å². The lowest BCUT2D eigenvalue weighted by Gasteiger charge is -2.42. The monoisotopic (exact) mass is 522 g/mol. The van der Waals surface area contributed by atoms with Crippen LogP contribution in [0.3, 0.4) is 0 Å². The molecule has 3 N–H and O–H groups in total. The van der Waals surface area contributed by atoms with Gasteiger partial charge in [0.25, 0.3) is 0 Å². The zero-order valence-electron chi connectivity index (χ0n) is 25.6. The second-order valence-electron chi connectivity index (χ2n) is 14.5. The Balaban J connectivity index is 1.53. The van der Waals surface area contributed by atoms with Gasteiger partial charge in [0.2, 0.25) is 5.91 Å². The molecule has 0 aliphatic carbocycles. The molecule has 5 nitrogen and oxygen atoms in total. The number of phenolic OH excluding ortho intramolecular Hbond substituents is 1. The molecule has 1 amide bonds. The third kappa shape index (κ3) is 6.91. The van der Waals surface area contributed by atoms with Gasteiger partial charge < -0.3 is 9.84 Å². The van der Waals surface area contributed by atoms with E-state index in [1.54, 1.807) is 0 Å². The average molecular weight is 523 g/mol. The van der Waals surface area contributed by atoms with Crippen molar-refractivity contribution >= 4 is 5.91 Å². The average Bonchev–Trinajstić information content (AvgIpc) is 2.75. The largest absolute Gasteiger partial charge is 0.507 e. The number of hydrogen-bond donors (Lipinski definition) is 3. The number of hydrogen-bond acceptors (Lipinski definition) is 4. The van der Waals surface area contributed by atoms with Gasteiger partial charge in [-0.05, 0) is 77.7 Å². The van der Waals surface area contributed by atoms with Crippen LogP contribution < -0.4 is 15.6 Å². The van der Waals surface area contributed by atoms with Crippen LogP contribution in [0, 0.1) is 0 Å². The summed E-state index contributed by atoms with van der Waals surface area (Å²) >= 11 is 0. The van der Waals surface area contributed by atoms with Gasteiger partial charge >= 0.3 is 0 Å². The molecule has 2 aromatic carbocycles. The summed E-state index contributed by atoms with van der Waals surface area (Å²) in [5, 5.41) is 10.9. The molecular formula is C33H50N2O3. The molecule has 210 valence electrons. The summed E-state index contributed by atoms with van der Waals surface area (Å²) in [7, 11) is 0. The van der Waals surface area contributed by atoms with E-state index < -0.39 is 0 Å². The van der Waals surface area contributed by atoms with E-state index in [0.717, 1.165) is 35.3 Å². The van der Waals surface area contributed by atoms with E-state index in [1.165, 1.54) is 16.7 Å². The predicted molar refractivity (Wildman–Crippen MR) is 157 cm³/mol. The molecular weight excluding hydrogens is 472 g/mol. The van der Waals surface area contributed by atoms with Crippen molar-refractivity contribution in [1.29, 1.82) is 0 Å². The molecule has 0 radical (unpaired) electrons. The Morgan fingerprint density at radius 2 is 1.32 bits per heavy atom.